The Morgan fingerprint density at radius 1 is 1.08 bits per heavy atom. The van der Waals surface area contributed by atoms with E-state index in [9.17, 15) is 9.59 Å². The molecule has 10 heteroatoms. The molecule has 5 rings (SSSR count). The van der Waals surface area contributed by atoms with Crippen LogP contribution < -0.4 is 24.4 Å². The van der Waals surface area contributed by atoms with Gasteiger partial charge in [0.1, 0.15) is 11.5 Å². The molecule has 0 fully saturated rings. The van der Waals surface area contributed by atoms with Gasteiger partial charge in [-0.25, -0.2) is 9.79 Å². The summed E-state index contributed by atoms with van der Waals surface area (Å²) in [5.74, 6) is 1.75. The zero-order valence-corrected chi connectivity index (χ0v) is 23.9. The standard InChI is InChI=1S/C29H25BrN2O6S/c1-4-36-23-12-8-18(14-24(23)37-5-2)26-21(28(34)35-3)16-31-29-32(26)27(33)25(39-29)15-20-11-13-22(38-20)17-6-9-19(30)10-7-17/h6-16,26H,4-5H2,1-3H3/b25-15+/t26-/m1/s1. The van der Waals surface area contributed by atoms with Gasteiger partial charge >= 0.3 is 5.97 Å². The quantitative estimate of drug-likeness (QED) is 0.266. The second-order valence-corrected chi connectivity index (χ2v) is 10.4. The molecule has 8 nitrogen and oxygen atoms in total. The van der Waals surface area contributed by atoms with Crippen LogP contribution in [-0.4, -0.2) is 30.9 Å². The van der Waals surface area contributed by atoms with Crippen molar-refractivity contribution in [2.24, 2.45) is 4.99 Å². The Morgan fingerprint density at radius 3 is 2.54 bits per heavy atom. The number of hydrogen-bond acceptors (Lipinski definition) is 8. The molecular weight excluding hydrogens is 584 g/mol. The summed E-state index contributed by atoms with van der Waals surface area (Å²) >= 11 is 4.66. The van der Waals surface area contributed by atoms with Crippen LogP contribution in [0, 0.1) is 0 Å². The highest BCUT2D eigenvalue weighted by Crippen LogP contribution is 2.35. The van der Waals surface area contributed by atoms with E-state index < -0.39 is 12.0 Å². The maximum Gasteiger partial charge on any atom is 0.337 e. The fourth-order valence-electron chi connectivity index (χ4n) is 4.32. The number of rotatable bonds is 8. The first-order chi connectivity index (χ1) is 18.9. The molecule has 0 spiro atoms. The Bertz CT molecular complexity index is 1730. The first-order valence-corrected chi connectivity index (χ1v) is 13.9. The average Bonchev–Trinajstić information content (AvgIpc) is 3.54. The van der Waals surface area contributed by atoms with Crippen molar-refractivity contribution in [3.05, 3.63) is 102 Å². The highest BCUT2D eigenvalue weighted by atomic mass is 79.9. The maximum absolute atomic E-state index is 13.8. The summed E-state index contributed by atoms with van der Waals surface area (Å²) in [6.07, 6.45) is 3.15. The Balaban J connectivity index is 1.60. The van der Waals surface area contributed by atoms with Gasteiger partial charge in [0.15, 0.2) is 16.3 Å². The first-order valence-electron chi connectivity index (χ1n) is 12.3. The van der Waals surface area contributed by atoms with Gasteiger partial charge in [-0.2, -0.15) is 0 Å². The molecule has 0 unspecified atom stereocenters. The fourth-order valence-corrected chi connectivity index (χ4v) is 5.53. The van der Waals surface area contributed by atoms with E-state index in [1.807, 2.05) is 56.3 Å². The van der Waals surface area contributed by atoms with E-state index in [2.05, 4.69) is 20.9 Å². The van der Waals surface area contributed by atoms with Gasteiger partial charge in [-0.3, -0.25) is 9.36 Å². The fraction of sp³-hybridized carbons (Fsp3) is 0.207. The van der Waals surface area contributed by atoms with Gasteiger partial charge in [-0.1, -0.05) is 45.5 Å². The molecule has 2 aromatic heterocycles. The van der Waals surface area contributed by atoms with Gasteiger partial charge in [-0.15, -0.1) is 0 Å². The number of benzene rings is 2. The lowest BCUT2D eigenvalue weighted by molar-refractivity contribution is -0.136. The number of hydrogen-bond donors (Lipinski definition) is 0. The minimum atomic E-state index is -0.763. The van der Waals surface area contributed by atoms with Crippen LogP contribution in [0.1, 0.15) is 31.2 Å². The number of aromatic nitrogens is 1. The molecule has 0 saturated heterocycles. The highest BCUT2D eigenvalue weighted by Gasteiger charge is 2.31. The van der Waals surface area contributed by atoms with E-state index in [1.165, 1.54) is 29.2 Å². The third-order valence-electron chi connectivity index (χ3n) is 6.04. The molecular formula is C29H25BrN2O6S. The number of halogens is 1. The van der Waals surface area contributed by atoms with Crippen molar-refractivity contribution in [3.63, 3.8) is 0 Å². The van der Waals surface area contributed by atoms with Gasteiger partial charge in [0.2, 0.25) is 0 Å². The lowest BCUT2D eigenvalue weighted by atomic mass is 9.97. The summed E-state index contributed by atoms with van der Waals surface area (Å²) in [6, 6.07) is 16.1. The van der Waals surface area contributed by atoms with Crippen molar-refractivity contribution in [2.75, 3.05) is 20.3 Å². The van der Waals surface area contributed by atoms with Crippen LogP contribution >= 0.6 is 27.3 Å². The van der Waals surface area contributed by atoms with E-state index in [4.69, 9.17) is 18.6 Å². The number of fused-ring (bicyclic) bond motifs is 1. The molecule has 1 aliphatic rings. The Labute approximate surface area is 236 Å². The van der Waals surface area contributed by atoms with Gasteiger partial charge < -0.3 is 18.6 Å². The number of nitrogens with zero attached hydrogens (tertiary/aromatic N) is 2. The van der Waals surface area contributed by atoms with Crippen LogP contribution in [0.15, 0.2) is 85.0 Å². The normalized spacial score (nSPS) is 14.8. The van der Waals surface area contributed by atoms with E-state index in [0.29, 0.717) is 51.1 Å². The number of ether oxygens (including phenoxy) is 3. The van der Waals surface area contributed by atoms with Crippen LogP contribution in [0.2, 0.25) is 0 Å². The molecule has 0 bridgehead atoms. The third-order valence-corrected chi connectivity index (χ3v) is 7.56. The topological polar surface area (TPSA) is 92.3 Å². The summed E-state index contributed by atoms with van der Waals surface area (Å²) in [7, 11) is 1.30. The van der Waals surface area contributed by atoms with Crippen LogP contribution in [0.25, 0.3) is 17.4 Å². The smallest absolute Gasteiger partial charge is 0.337 e. The molecule has 0 aliphatic carbocycles. The minimum Gasteiger partial charge on any atom is -0.490 e. The first kappa shape index (κ1) is 26.7. The SMILES string of the molecule is CCOc1ccc([C@@H]2C(C(=O)OC)=CN=c3s/c(=C/c4ccc(-c5ccc(Br)cc5)o4)c(=O)n32)cc1OCC. The number of carbonyl (C=O) groups is 1. The average molecular weight is 609 g/mol. The molecule has 0 N–H and O–H groups in total. The van der Waals surface area contributed by atoms with Gasteiger partial charge in [-0.05, 0) is 55.8 Å². The number of thiazole rings is 1. The molecule has 3 heterocycles. The Morgan fingerprint density at radius 2 is 1.82 bits per heavy atom. The summed E-state index contributed by atoms with van der Waals surface area (Å²) in [4.78, 5) is 31.4. The molecule has 39 heavy (non-hydrogen) atoms. The molecule has 1 aliphatic heterocycles. The van der Waals surface area contributed by atoms with Gasteiger partial charge in [0, 0.05) is 22.3 Å². The molecule has 0 radical (unpaired) electrons. The molecule has 0 amide bonds. The zero-order valence-electron chi connectivity index (χ0n) is 21.5. The number of esters is 1. The van der Waals surface area contributed by atoms with Crippen molar-refractivity contribution in [2.45, 2.75) is 19.9 Å². The molecule has 1 atom stereocenters. The Hall–Kier alpha value is -3.89. The van der Waals surface area contributed by atoms with Crippen molar-refractivity contribution < 1.29 is 23.4 Å². The van der Waals surface area contributed by atoms with E-state index in [0.717, 1.165) is 10.0 Å². The van der Waals surface area contributed by atoms with Crippen LogP contribution in [-0.2, 0) is 9.53 Å². The lowest BCUT2D eigenvalue weighted by Crippen LogP contribution is -2.39. The number of methoxy groups -OCH3 is 1. The second kappa shape index (κ2) is 11.5. The summed E-state index contributed by atoms with van der Waals surface area (Å²) in [5, 5.41) is 0. The van der Waals surface area contributed by atoms with Crippen molar-refractivity contribution in [1.82, 2.24) is 4.57 Å². The van der Waals surface area contributed by atoms with Gasteiger partial charge in [0.25, 0.3) is 5.56 Å². The predicted octanol–water partition coefficient (Wildman–Crippen LogP) is 4.84. The second-order valence-electron chi connectivity index (χ2n) is 8.46. The van der Waals surface area contributed by atoms with E-state index >= 15 is 0 Å². The number of furan rings is 1. The molecule has 0 saturated carbocycles. The molecule has 4 aromatic rings. The van der Waals surface area contributed by atoms with Crippen molar-refractivity contribution in [3.8, 4) is 22.8 Å². The summed E-state index contributed by atoms with van der Waals surface area (Å²) in [5.41, 5.74) is 1.52. The van der Waals surface area contributed by atoms with Crippen molar-refractivity contribution in [1.29, 1.82) is 0 Å². The summed E-state index contributed by atoms with van der Waals surface area (Å²) < 4.78 is 25.4. The van der Waals surface area contributed by atoms with Crippen molar-refractivity contribution >= 4 is 39.3 Å². The zero-order chi connectivity index (χ0) is 27.5. The monoisotopic (exact) mass is 608 g/mol. The summed E-state index contributed by atoms with van der Waals surface area (Å²) in [6.45, 7) is 4.67. The molecule has 200 valence electrons. The van der Waals surface area contributed by atoms with E-state index in [-0.39, 0.29) is 11.1 Å². The van der Waals surface area contributed by atoms with Crippen LogP contribution in [0.5, 0.6) is 11.5 Å². The van der Waals surface area contributed by atoms with Crippen LogP contribution in [0.4, 0.5) is 0 Å². The Kier molecular flexibility index (Phi) is 7.85. The lowest BCUT2D eigenvalue weighted by Gasteiger charge is -2.23. The van der Waals surface area contributed by atoms with Crippen LogP contribution in [0.3, 0.4) is 0 Å². The third kappa shape index (κ3) is 5.35. The molecule has 2 aromatic carbocycles. The number of carbonyl (C=O) groups excluding carboxylic acids is 1. The maximum atomic E-state index is 13.8. The highest BCUT2D eigenvalue weighted by molar-refractivity contribution is 9.10. The van der Waals surface area contributed by atoms with E-state index in [1.54, 1.807) is 18.2 Å². The van der Waals surface area contributed by atoms with Gasteiger partial charge in [0.05, 0.1) is 36.5 Å². The minimum absolute atomic E-state index is 0.235. The largest absolute Gasteiger partial charge is 0.490 e. The predicted molar refractivity (Wildman–Crippen MR) is 152 cm³/mol.